The molecule has 4 nitrogen and oxygen atoms in total. The highest BCUT2D eigenvalue weighted by Crippen LogP contribution is 2.59. The van der Waals surface area contributed by atoms with Gasteiger partial charge in [0.25, 0.3) is 5.91 Å². The number of carbonyl (C=O) groups excluding carboxylic acids is 1. The molecule has 3 aromatic carbocycles. The van der Waals surface area contributed by atoms with E-state index in [9.17, 15) is 10.1 Å². The van der Waals surface area contributed by atoms with Crippen LogP contribution in [0.5, 0.6) is 0 Å². The minimum absolute atomic E-state index is 0.0335. The Balaban J connectivity index is 1.52. The lowest BCUT2D eigenvalue weighted by Crippen LogP contribution is -2.44. The van der Waals surface area contributed by atoms with Gasteiger partial charge in [-0.25, -0.2) is 0 Å². The molecular weight excluding hydrogens is 360 g/mol. The Kier molecular flexibility index (Phi) is 4.19. The Morgan fingerprint density at radius 2 is 1.69 bits per heavy atom. The van der Waals surface area contributed by atoms with Crippen molar-refractivity contribution in [3.05, 3.63) is 101 Å². The van der Waals surface area contributed by atoms with Crippen LogP contribution in [0.4, 0.5) is 5.69 Å². The van der Waals surface area contributed by atoms with Crippen molar-refractivity contribution >= 4 is 11.6 Å². The van der Waals surface area contributed by atoms with Gasteiger partial charge >= 0.3 is 0 Å². The predicted octanol–water partition coefficient (Wildman–Crippen LogP) is 4.77. The van der Waals surface area contributed by atoms with Gasteiger partial charge in [-0.15, -0.1) is 0 Å². The molecule has 1 amide bonds. The number of hydrogen-bond acceptors (Lipinski definition) is 3. The molecule has 0 unspecified atom stereocenters. The zero-order chi connectivity index (χ0) is 19.8. The quantitative estimate of drug-likeness (QED) is 0.599. The average molecular weight is 380 g/mol. The van der Waals surface area contributed by atoms with Crippen LogP contribution >= 0.6 is 0 Å². The van der Waals surface area contributed by atoms with Crippen molar-refractivity contribution in [2.24, 2.45) is 0 Å². The first-order valence-corrected chi connectivity index (χ1v) is 9.81. The zero-order valence-corrected chi connectivity index (χ0v) is 15.9. The minimum atomic E-state index is -0.719. The van der Waals surface area contributed by atoms with E-state index in [-0.39, 0.29) is 5.91 Å². The lowest BCUT2D eigenvalue weighted by molar-refractivity contribution is 0.0901. The summed E-state index contributed by atoms with van der Waals surface area (Å²) in [4.78, 5) is 15.2. The van der Waals surface area contributed by atoms with Crippen LogP contribution < -0.4 is 4.90 Å². The molecule has 29 heavy (non-hydrogen) atoms. The average Bonchev–Trinajstić information content (AvgIpc) is 3.20. The van der Waals surface area contributed by atoms with Crippen molar-refractivity contribution in [1.29, 1.82) is 5.26 Å². The van der Waals surface area contributed by atoms with Gasteiger partial charge in [0.15, 0.2) is 0 Å². The first kappa shape index (κ1) is 17.7. The van der Waals surface area contributed by atoms with Crippen LogP contribution in [0, 0.1) is 11.3 Å². The summed E-state index contributed by atoms with van der Waals surface area (Å²) in [5.41, 5.74) is 3.75. The molecule has 0 saturated carbocycles. The molecule has 0 saturated heterocycles. The zero-order valence-electron chi connectivity index (χ0n) is 15.9. The van der Waals surface area contributed by atoms with E-state index in [1.165, 1.54) is 0 Å². The van der Waals surface area contributed by atoms with Crippen LogP contribution in [0.25, 0.3) is 0 Å². The molecule has 2 atom stereocenters. The van der Waals surface area contributed by atoms with E-state index < -0.39 is 11.5 Å². The second kappa shape index (κ2) is 6.88. The second-order valence-electron chi connectivity index (χ2n) is 7.52. The maximum absolute atomic E-state index is 13.3. The van der Waals surface area contributed by atoms with Gasteiger partial charge < -0.3 is 4.74 Å². The maximum Gasteiger partial charge on any atom is 0.259 e. The van der Waals surface area contributed by atoms with Gasteiger partial charge in [-0.05, 0) is 28.8 Å². The lowest BCUT2D eigenvalue weighted by Gasteiger charge is -2.35. The van der Waals surface area contributed by atoms with E-state index in [0.29, 0.717) is 25.2 Å². The summed E-state index contributed by atoms with van der Waals surface area (Å²) < 4.78 is 5.98. The molecular formula is C25H20N2O2. The third-order valence-corrected chi connectivity index (χ3v) is 6.06. The molecule has 0 bridgehead atoms. The molecule has 5 rings (SSSR count). The normalized spacial score (nSPS) is 21.4. The Morgan fingerprint density at radius 3 is 2.52 bits per heavy atom. The maximum atomic E-state index is 13.3. The van der Waals surface area contributed by atoms with Crippen LogP contribution in [0.3, 0.4) is 0 Å². The number of nitriles is 1. The number of amides is 1. The van der Waals surface area contributed by atoms with Gasteiger partial charge in [0.2, 0.25) is 0 Å². The molecule has 2 aliphatic rings. The molecule has 0 aromatic heterocycles. The Morgan fingerprint density at radius 1 is 0.966 bits per heavy atom. The van der Waals surface area contributed by atoms with Gasteiger partial charge in [0.05, 0.1) is 18.2 Å². The highest BCUT2D eigenvalue weighted by Gasteiger charge is 2.60. The number of fused-ring (bicyclic) bond motifs is 5. The smallest absolute Gasteiger partial charge is 0.259 e. The molecule has 0 fully saturated rings. The number of carbonyl (C=O) groups is 1. The summed E-state index contributed by atoms with van der Waals surface area (Å²) in [5.74, 6) is -0.458. The van der Waals surface area contributed by atoms with Gasteiger partial charge in [0, 0.05) is 24.3 Å². The van der Waals surface area contributed by atoms with E-state index in [4.69, 9.17) is 4.74 Å². The SMILES string of the molecule is N#C[C@H]1c2ccccc2N2C(=O)c3ccccc3[C@]12CCOCc1ccccc1. The number of anilines is 1. The number of para-hydroxylation sites is 1. The summed E-state index contributed by atoms with van der Waals surface area (Å²) in [6, 6.07) is 28.0. The number of ether oxygens (including phenoxy) is 1. The monoisotopic (exact) mass is 380 g/mol. The van der Waals surface area contributed by atoms with Crippen molar-refractivity contribution in [3.63, 3.8) is 0 Å². The van der Waals surface area contributed by atoms with E-state index in [0.717, 1.165) is 22.4 Å². The van der Waals surface area contributed by atoms with Crippen molar-refractivity contribution in [1.82, 2.24) is 0 Å². The predicted molar refractivity (Wildman–Crippen MR) is 110 cm³/mol. The van der Waals surface area contributed by atoms with Crippen molar-refractivity contribution < 1.29 is 9.53 Å². The Labute approximate surface area is 170 Å². The standard InChI is InChI=1S/C25H20N2O2/c26-16-22-19-10-5-7-13-23(19)27-24(28)20-11-4-6-12-21(20)25(22,27)14-15-29-17-18-8-2-1-3-9-18/h1-13,22H,14-15,17H2/t22-,25+/m0/s1. The molecule has 142 valence electrons. The van der Waals surface area contributed by atoms with Crippen LogP contribution in [-0.2, 0) is 16.9 Å². The topological polar surface area (TPSA) is 53.3 Å². The highest BCUT2D eigenvalue weighted by molar-refractivity contribution is 6.14. The minimum Gasteiger partial charge on any atom is -0.377 e. The van der Waals surface area contributed by atoms with E-state index in [1.54, 1.807) is 0 Å². The molecule has 4 heteroatoms. The van der Waals surface area contributed by atoms with Crippen LogP contribution in [0.15, 0.2) is 78.9 Å². The van der Waals surface area contributed by atoms with E-state index >= 15 is 0 Å². The van der Waals surface area contributed by atoms with Crippen LogP contribution in [-0.4, -0.2) is 12.5 Å². The summed E-state index contributed by atoms with van der Waals surface area (Å²) in [7, 11) is 0. The summed E-state index contributed by atoms with van der Waals surface area (Å²) in [6.45, 7) is 0.968. The van der Waals surface area contributed by atoms with Crippen molar-refractivity contribution in [3.8, 4) is 6.07 Å². The lowest BCUT2D eigenvalue weighted by atomic mass is 9.76. The van der Waals surface area contributed by atoms with Crippen LogP contribution in [0.1, 0.15) is 39.4 Å². The van der Waals surface area contributed by atoms with Crippen molar-refractivity contribution in [2.75, 3.05) is 11.5 Å². The first-order valence-electron chi connectivity index (χ1n) is 9.81. The molecule has 0 radical (unpaired) electrons. The van der Waals surface area contributed by atoms with Crippen molar-refractivity contribution in [2.45, 2.75) is 24.5 Å². The fourth-order valence-corrected chi connectivity index (χ4v) is 4.83. The molecule has 0 spiro atoms. The van der Waals surface area contributed by atoms with Gasteiger partial charge in [-0.2, -0.15) is 5.26 Å². The van der Waals surface area contributed by atoms with Gasteiger partial charge in [-0.3, -0.25) is 9.69 Å². The molecule has 2 heterocycles. The number of nitrogens with zero attached hydrogens (tertiary/aromatic N) is 2. The number of hydrogen-bond donors (Lipinski definition) is 0. The fourth-order valence-electron chi connectivity index (χ4n) is 4.83. The number of rotatable bonds is 5. The third kappa shape index (κ3) is 2.52. The molecule has 0 N–H and O–H groups in total. The van der Waals surface area contributed by atoms with E-state index in [1.807, 2.05) is 83.8 Å². The molecule has 0 aliphatic carbocycles. The first-order chi connectivity index (χ1) is 14.3. The molecule has 2 aliphatic heterocycles. The van der Waals surface area contributed by atoms with Gasteiger partial charge in [-0.1, -0.05) is 66.7 Å². The second-order valence-corrected chi connectivity index (χ2v) is 7.52. The van der Waals surface area contributed by atoms with Gasteiger partial charge in [0.1, 0.15) is 5.92 Å². The largest absolute Gasteiger partial charge is 0.377 e. The summed E-state index contributed by atoms with van der Waals surface area (Å²) in [6.07, 6.45) is 0.565. The highest BCUT2D eigenvalue weighted by atomic mass is 16.5. The Hall–Kier alpha value is -3.42. The Bertz CT molecular complexity index is 1120. The third-order valence-electron chi connectivity index (χ3n) is 6.06. The fraction of sp³-hybridized carbons (Fsp3) is 0.200. The summed E-state index contributed by atoms with van der Waals surface area (Å²) in [5, 5.41) is 10.1. The summed E-state index contributed by atoms with van der Waals surface area (Å²) >= 11 is 0. The van der Waals surface area contributed by atoms with E-state index in [2.05, 4.69) is 6.07 Å². The molecule has 3 aromatic rings. The number of benzene rings is 3. The van der Waals surface area contributed by atoms with Crippen LogP contribution in [0.2, 0.25) is 0 Å².